The molecule has 0 heterocycles. The molecule has 0 amide bonds. The number of hydrogen-bond donors (Lipinski definition) is 1. The quantitative estimate of drug-likeness (QED) is 0.394. The Labute approximate surface area is 175 Å². The second kappa shape index (κ2) is 9.20. The van der Waals surface area contributed by atoms with Crippen molar-refractivity contribution in [2.24, 2.45) is 0 Å². The highest BCUT2D eigenvalue weighted by Gasteiger charge is 2.23. The van der Waals surface area contributed by atoms with E-state index in [-0.39, 0.29) is 29.2 Å². The van der Waals surface area contributed by atoms with Crippen LogP contribution in [-0.4, -0.2) is 32.8 Å². The van der Waals surface area contributed by atoms with E-state index in [1.807, 2.05) is 18.2 Å². The Kier molecular flexibility index (Phi) is 6.65. The van der Waals surface area contributed by atoms with Crippen molar-refractivity contribution < 1.29 is 22.7 Å². The lowest BCUT2D eigenvalue weighted by Crippen LogP contribution is -2.25. The van der Waals surface area contributed by atoms with Crippen molar-refractivity contribution in [3.8, 4) is 6.07 Å². The number of fused-ring (bicyclic) bond motifs is 1. The minimum atomic E-state index is -3.76. The highest BCUT2D eigenvalue weighted by atomic mass is 32.2. The summed E-state index contributed by atoms with van der Waals surface area (Å²) in [6, 6.07) is 12.6. The van der Waals surface area contributed by atoms with E-state index < -0.39 is 22.1 Å². The second-order valence-corrected chi connectivity index (χ2v) is 8.85. The predicted molar refractivity (Wildman–Crippen MR) is 110 cm³/mol. The van der Waals surface area contributed by atoms with Gasteiger partial charge in [0, 0.05) is 18.5 Å². The number of carbonyl (C=O) groups excluding carboxylic acids is 2. The molecular formula is C22H22N2O5S. The van der Waals surface area contributed by atoms with Crippen LogP contribution in [0.5, 0.6) is 0 Å². The van der Waals surface area contributed by atoms with Crippen molar-refractivity contribution in [3.63, 3.8) is 0 Å². The van der Waals surface area contributed by atoms with Crippen LogP contribution in [0.15, 0.2) is 47.4 Å². The van der Waals surface area contributed by atoms with Gasteiger partial charge in [0.1, 0.15) is 0 Å². The van der Waals surface area contributed by atoms with Gasteiger partial charge in [-0.05, 0) is 67.6 Å². The van der Waals surface area contributed by atoms with E-state index in [0.29, 0.717) is 5.56 Å². The van der Waals surface area contributed by atoms with E-state index in [1.165, 1.54) is 42.3 Å². The van der Waals surface area contributed by atoms with Gasteiger partial charge in [-0.2, -0.15) is 5.26 Å². The van der Waals surface area contributed by atoms with Crippen molar-refractivity contribution in [1.29, 1.82) is 5.26 Å². The molecule has 2 aromatic rings. The third-order valence-corrected chi connectivity index (χ3v) is 6.44. The van der Waals surface area contributed by atoms with Gasteiger partial charge in [-0.3, -0.25) is 4.79 Å². The molecule has 0 saturated heterocycles. The highest BCUT2D eigenvalue weighted by Crippen LogP contribution is 2.24. The van der Waals surface area contributed by atoms with Crippen LogP contribution in [0.2, 0.25) is 0 Å². The fourth-order valence-corrected chi connectivity index (χ4v) is 4.37. The standard InChI is InChI=1S/C22H22N2O5S/c1-15(21(25)19-7-6-16-4-2-5-18(16)14-19)29-22(26)17-8-10-20(11-9-17)30(27,28)24-13-3-12-23/h6-11,14-15,24H,2-5,13H2,1H3/t15-/m0/s1. The number of sulfonamides is 1. The van der Waals surface area contributed by atoms with E-state index in [9.17, 15) is 18.0 Å². The van der Waals surface area contributed by atoms with Gasteiger partial charge in [-0.15, -0.1) is 0 Å². The van der Waals surface area contributed by atoms with Crippen LogP contribution in [-0.2, 0) is 27.6 Å². The Morgan fingerprint density at radius 1 is 1.10 bits per heavy atom. The van der Waals surface area contributed by atoms with Crippen LogP contribution < -0.4 is 4.72 Å². The lowest BCUT2D eigenvalue weighted by atomic mass is 10.0. The summed E-state index contributed by atoms with van der Waals surface area (Å²) in [5, 5.41) is 8.50. The monoisotopic (exact) mass is 426 g/mol. The number of rotatable bonds is 8. The molecule has 7 nitrogen and oxygen atoms in total. The first kappa shape index (κ1) is 21.7. The van der Waals surface area contributed by atoms with Crippen molar-refractivity contribution >= 4 is 21.8 Å². The van der Waals surface area contributed by atoms with E-state index in [0.717, 1.165) is 19.3 Å². The number of ether oxygens (including phenoxy) is 1. The number of nitriles is 1. The number of nitrogens with one attached hydrogen (secondary N) is 1. The third kappa shape index (κ3) is 4.93. The maximum Gasteiger partial charge on any atom is 0.338 e. The number of aryl methyl sites for hydroxylation is 2. The lowest BCUT2D eigenvalue weighted by Gasteiger charge is -2.13. The molecule has 2 aromatic carbocycles. The first-order chi connectivity index (χ1) is 14.3. The molecule has 0 saturated carbocycles. The summed E-state index contributed by atoms with van der Waals surface area (Å²) < 4.78 is 31.8. The zero-order valence-corrected chi connectivity index (χ0v) is 17.4. The largest absolute Gasteiger partial charge is 0.451 e. The van der Waals surface area contributed by atoms with Crippen LogP contribution in [0, 0.1) is 11.3 Å². The zero-order chi connectivity index (χ0) is 21.7. The average molecular weight is 426 g/mol. The number of carbonyl (C=O) groups is 2. The number of hydrogen-bond acceptors (Lipinski definition) is 6. The Balaban J connectivity index is 1.64. The topological polar surface area (TPSA) is 113 Å². The van der Waals surface area contributed by atoms with Crippen molar-refractivity contribution in [3.05, 3.63) is 64.7 Å². The summed E-state index contributed by atoms with van der Waals surface area (Å²) in [6.45, 7) is 1.52. The highest BCUT2D eigenvalue weighted by molar-refractivity contribution is 7.89. The van der Waals surface area contributed by atoms with Gasteiger partial charge < -0.3 is 4.74 Å². The summed E-state index contributed by atoms with van der Waals surface area (Å²) in [6.07, 6.45) is 2.14. The number of benzene rings is 2. The van der Waals surface area contributed by atoms with Crippen molar-refractivity contribution in [1.82, 2.24) is 4.72 Å². The van der Waals surface area contributed by atoms with E-state index >= 15 is 0 Å². The van der Waals surface area contributed by atoms with Crippen LogP contribution >= 0.6 is 0 Å². The molecule has 1 N–H and O–H groups in total. The van der Waals surface area contributed by atoms with E-state index in [1.54, 1.807) is 6.07 Å². The van der Waals surface area contributed by atoms with Crippen LogP contribution in [0.1, 0.15) is 51.6 Å². The lowest BCUT2D eigenvalue weighted by molar-refractivity contribution is 0.0318. The zero-order valence-electron chi connectivity index (χ0n) is 16.6. The predicted octanol–water partition coefficient (Wildman–Crippen LogP) is 2.80. The molecule has 0 radical (unpaired) electrons. The molecule has 1 atom stereocenters. The molecule has 3 rings (SSSR count). The van der Waals surface area contributed by atoms with Crippen LogP contribution in [0.25, 0.3) is 0 Å². The molecule has 1 aliphatic carbocycles. The fraction of sp³-hybridized carbons (Fsp3) is 0.318. The first-order valence-electron chi connectivity index (χ1n) is 9.65. The van der Waals surface area contributed by atoms with Crippen molar-refractivity contribution in [2.45, 2.75) is 43.6 Å². The minimum Gasteiger partial charge on any atom is -0.451 e. The average Bonchev–Trinajstić information content (AvgIpc) is 3.21. The Bertz CT molecular complexity index is 1100. The van der Waals surface area contributed by atoms with Gasteiger partial charge >= 0.3 is 5.97 Å². The molecule has 0 spiro atoms. The summed E-state index contributed by atoms with van der Waals surface area (Å²) in [5.41, 5.74) is 3.08. The maximum atomic E-state index is 12.6. The number of esters is 1. The number of Topliss-reactive ketones (excluding diaryl/α,β-unsaturated/α-hetero) is 1. The Hall–Kier alpha value is -3.02. The van der Waals surface area contributed by atoms with Crippen LogP contribution in [0.4, 0.5) is 0 Å². The Morgan fingerprint density at radius 3 is 2.47 bits per heavy atom. The maximum absolute atomic E-state index is 12.6. The molecule has 156 valence electrons. The van der Waals surface area contributed by atoms with Crippen LogP contribution in [0.3, 0.4) is 0 Å². The first-order valence-corrected chi connectivity index (χ1v) is 11.1. The Morgan fingerprint density at radius 2 is 1.77 bits per heavy atom. The van der Waals surface area contributed by atoms with Gasteiger partial charge in [0.25, 0.3) is 0 Å². The third-order valence-electron chi connectivity index (χ3n) is 4.97. The summed E-state index contributed by atoms with van der Waals surface area (Å²) >= 11 is 0. The minimum absolute atomic E-state index is 0.00491. The van der Waals surface area contributed by atoms with Gasteiger partial charge in [0.05, 0.1) is 16.5 Å². The SMILES string of the molecule is C[C@H](OC(=O)c1ccc(S(=O)(=O)NCCC#N)cc1)C(=O)c1ccc2c(c1)CCC2. The van der Waals surface area contributed by atoms with Gasteiger partial charge in [0.15, 0.2) is 6.10 Å². The summed E-state index contributed by atoms with van der Waals surface area (Å²) in [4.78, 5) is 25.0. The molecule has 0 aliphatic heterocycles. The van der Waals surface area contributed by atoms with Crippen molar-refractivity contribution in [2.75, 3.05) is 6.54 Å². The molecule has 1 aliphatic rings. The van der Waals surface area contributed by atoms with Gasteiger partial charge in [-0.25, -0.2) is 17.9 Å². The molecule has 30 heavy (non-hydrogen) atoms. The van der Waals surface area contributed by atoms with Gasteiger partial charge in [0.2, 0.25) is 15.8 Å². The smallest absolute Gasteiger partial charge is 0.338 e. The molecule has 8 heteroatoms. The van der Waals surface area contributed by atoms with Gasteiger partial charge in [-0.1, -0.05) is 12.1 Å². The van der Waals surface area contributed by atoms with E-state index in [4.69, 9.17) is 10.00 Å². The molecule has 0 bridgehead atoms. The molecular weight excluding hydrogens is 404 g/mol. The number of ketones is 1. The normalized spacial score (nSPS) is 13.9. The fourth-order valence-electron chi connectivity index (χ4n) is 3.34. The molecule has 0 aromatic heterocycles. The summed E-state index contributed by atoms with van der Waals surface area (Å²) in [7, 11) is -3.76. The molecule has 0 fully saturated rings. The van der Waals surface area contributed by atoms with E-state index in [2.05, 4.69) is 4.72 Å². The summed E-state index contributed by atoms with van der Waals surface area (Å²) in [5.74, 6) is -0.989. The molecule has 0 unspecified atom stereocenters. The number of nitrogens with zero attached hydrogens (tertiary/aromatic N) is 1. The second-order valence-electron chi connectivity index (χ2n) is 7.08.